The molecule has 0 spiro atoms. The molecule has 19 heavy (non-hydrogen) atoms. The van der Waals surface area contributed by atoms with Crippen LogP contribution in [0, 0.1) is 5.41 Å². The van der Waals surface area contributed by atoms with E-state index in [9.17, 15) is 0 Å². The van der Waals surface area contributed by atoms with Gasteiger partial charge >= 0.3 is 0 Å². The Morgan fingerprint density at radius 3 is 2.74 bits per heavy atom. The van der Waals surface area contributed by atoms with E-state index < -0.39 is 0 Å². The molecule has 2 nitrogen and oxygen atoms in total. The van der Waals surface area contributed by atoms with Gasteiger partial charge in [-0.15, -0.1) is 0 Å². The van der Waals surface area contributed by atoms with Crippen LogP contribution in [0.5, 0.6) is 0 Å². The summed E-state index contributed by atoms with van der Waals surface area (Å²) in [5.41, 5.74) is 5.00. The summed E-state index contributed by atoms with van der Waals surface area (Å²) < 4.78 is 0. The summed E-state index contributed by atoms with van der Waals surface area (Å²) in [6, 6.07) is 6.94. The molecular formula is C17H26N2. The van der Waals surface area contributed by atoms with Crippen molar-refractivity contribution in [3.05, 3.63) is 34.9 Å². The van der Waals surface area contributed by atoms with Crippen molar-refractivity contribution in [1.82, 2.24) is 10.6 Å². The second kappa shape index (κ2) is 5.64. The van der Waals surface area contributed by atoms with Crippen LogP contribution in [-0.4, -0.2) is 6.54 Å². The first kappa shape index (κ1) is 13.1. The van der Waals surface area contributed by atoms with Crippen LogP contribution in [-0.2, 0) is 19.6 Å². The number of hydrogen-bond acceptors (Lipinski definition) is 2. The summed E-state index contributed by atoms with van der Waals surface area (Å²) in [6.45, 7) is 6.66. The van der Waals surface area contributed by atoms with E-state index in [1.807, 2.05) is 0 Å². The Morgan fingerprint density at radius 2 is 1.95 bits per heavy atom. The molecule has 1 fully saturated rings. The van der Waals surface area contributed by atoms with E-state index >= 15 is 0 Å². The first-order valence-electron chi connectivity index (χ1n) is 7.83. The molecule has 0 radical (unpaired) electrons. The molecule has 0 bridgehead atoms. The minimum absolute atomic E-state index is 0.596. The van der Waals surface area contributed by atoms with Crippen LogP contribution in [0.3, 0.4) is 0 Å². The minimum Gasteiger partial charge on any atom is -0.312 e. The smallest absolute Gasteiger partial charge is 0.0212 e. The molecule has 1 saturated carbocycles. The van der Waals surface area contributed by atoms with Gasteiger partial charge in [-0.05, 0) is 41.4 Å². The van der Waals surface area contributed by atoms with Gasteiger partial charge in [0.15, 0.2) is 0 Å². The molecule has 0 saturated heterocycles. The standard InChI is InChI=1S/C17H26N2/c1-2-17(7-3-4-8-17)13-19-10-14-5-6-15-11-18-12-16(15)9-14/h5-6,9,18-19H,2-4,7-8,10-13H2,1H3. The van der Waals surface area contributed by atoms with Crippen molar-refractivity contribution in [3.8, 4) is 0 Å². The zero-order chi connectivity index (χ0) is 13.1. The zero-order valence-electron chi connectivity index (χ0n) is 12.1. The molecule has 2 aliphatic rings. The van der Waals surface area contributed by atoms with Crippen molar-refractivity contribution in [2.45, 2.75) is 58.7 Å². The third-order valence-corrected chi connectivity index (χ3v) is 5.14. The Hall–Kier alpha value is -0.860. The van der Waals surface area contributed by atoms with E-state index in [0.717, 1.165) is 19.6 Å². The fraction of sp³-hybridized carbons (Fsp3) is 0.647. The summed E-state index contributed by atoms with van der Waals surface area (Å²) in [5, 5.41) is 7.12. The molecule has 1 aromatic rings. The number of benzene rings is 1. The summed E-state index contributed by atoms with van der Waals surface area (Å²) in [5.74, 6) is 0. The molecule has 0 unspecified atom stereocenters. The Balaban J connectivity index is 1.55. The second-order valence-electron chi connectivity index (χ2n) is 6.37. The molecule has 0 atom stereocenters. The number of rotatable bonds is 5. The molecule has 2 N–H and O–H groups in total. The van der Waals surface area contributed by atoms with Gasteiger partial charge in [-0.25, -0.2) is 0 Å². The molecule has 104 valence electrons. The molecule has 1 aromatic carbocycles. The monoisotopic (exact) mass is 258 g/mol. The average molecular weight is 258 g/mol. The predicted octanol–water partition coefficient (Wildman–Crippen LogP) is 3.35. The second-order valence-corrected chi connectivity index (χ2v) is 6.37. The van der Waals surface area contributed by atoms with Crippen LogP contribution < -0.4 is 10.6 Å². The molecule has 3 rings (SSSR count). The fourth-order valence-electron chi connectivity index (χ4n) is 3.71. The van der Waals surface area contributed by atoms with Crippen LogP contribution in [0.1, 0.15) is 55.7 Å². The quantitative estimate of drug-likeness (QED) is 0.846. The van der Waals surface area contributed by atoms with E-state index in [4.69, 9.17) is 0 Å². The molecule has 2 heteroatoms. The van der Waals surface area contributed by atoms with Gasteiger partial charge in [0.1, 0.15) is 0 Å². The summed E-state index contributed by atoms with van der Waals surface area (Å²) >= 11 is 0. The van der Waals surface area contributed by atoms with Crippen LogP contribution in [0.4, 0.5) is 0 Å². The average Bonchev–Trinajstić information content (AvgIpc) is 3.07. The molecule has 1 heterocycles. The van der Waals surface area contributed by atoms with Crippen molar-refractivity contribution in [2.24, 2.45) is 5.41 Å². The highest BCUT2D eigenvalue weighted by Crippen LogP contribution is 2.40. The summed E-state index contributed by atoms with van der Waals surface area (Å²) in [4.78, 5) is 0. The lowest BCUT2D eigenvalue weighted by Gasteiger charge is -2.27. The number of fused-ring (bicyclic) bond motifs is 1. The van der Waals surface area contributed by atoms with Gasteiger partial charge in [0.2, 0.25) is 0 Å². The lowest BCUT2D eigenvalue weighted by Crippen LogP contribution is -2.31. The number of nitrogens with one attached hydrogen (secondary N) is 2. The van der Waals surface area contributed by atoms with E-state index in [-0.39, 0.29) is 0 Å². The SMILES string of the molecule is CCC1(CNCc2ccc3c(c2)CNC3)CCCC1. The van der Waals surface area contributed by atoms with Crippen molar-refractivity contribution in [2.75, 3.05) is 6.54 Å². The first-order valence-corrected chi connectivity index (χ1v) is 7.83. The van der Waals surface area contributed by atoms with Crippen LogP contribution >= 0.6 is 0 Å². The lowest BCUT2D eigenvalue weighted by molar-refractivity contribution is 0.268. The Labute approximate surface area is 117 Å². The normalized spacial score (nSPS) is 20.7. The first-order chi connectivity index (χ1) is 9.31. The highest BCUT2D eigenvalue weighted by atomic mass is 14.9. The maximum absolute atomic E-state index is 3.71. The van der Waals surface area contributed by atoms with Gasteiger partial charge in [0.05, 0.1) is 0 Å². The lowest BCUT2D eigenvalue weighted by atomic mass is 9.83. The molecule has 1 aliphatic carbocycles. The van der Waals surface area contributed by atoms with Gasteiger partial charge in [0, 0.05) is 26.2 Å². The summed E-state index contributed by atoms with van der Waals surface area (Å²) in [6.07, 6.45) is 7.03. The maximum atomic E-state index is 3.71. The largest absolute Gasteiger partial charge is 0.312 e. The summed E-state index contributed by atoms with van der Waals surface area (Å²) in [7, 11) is 0. The predicted molar refractivity (Wildman–Crippen MR) is 79.9 cm³/mol. The van der Waals surface area contributed by atoms with Crippen molar-refractivity contribution in [3.63, 3.8) is 0 Å². The minimum atomic E-state index is 0.596. The van der Waals surface area contributed by atoms with E-state index in [2.05, 4.69) is 35.8 Å². The zero-order valence-corrected chi connectivity index (χ0v) is 12.1. The van der Waals surface area contributed by atoms with Gasteiger partial charge < -0.3 is 10.6 Å². The van der Waals surface area contributed by atoms with Crippen LogP contribution in [0.25, 0.3) is 0 Å². The topological polar surface area (TPSA) is 24.1 Å². The van der Waals surface area contributed by atoms with Gasteiger partial charge in [-0.2, -0.15) is 0 Å². The van der Waals surface area contributed by atoms with Gasteiger partial charge in [-0.3, -0.25) is 0 Å². The van der Waals surface area contributed by atoms with Gasteiger partial charge in [-0.1, -0.05) is 38.0 Å². The molecule has 1 aliphatic heterocycles. The van der Waals surface area contributed by atoms with Crippen molar-refractivity contribution >= 4 is 0 Å². The molecule has 0 aromatic heterocycles. The van der Waals surface area contributed by atoms with Gasteiger partial charge in [0.25, 0.3) is 0 Å². The highest BCUT2D eigenvalue weighted by Gasteiger charge is 2.31. The number of hydrogen-bond donors (Lipinski definition) is 2. The highest BCUT2D eigenvalue weighted by molar-refractivity contribution is 5.34. The van der Waals surface area contributed by atoms with Crippen LogP contribution in [0.2, 0.25) is 0 Å². The van der Waals surface area contributed by atoms with E-state index in [1.54, 1.807) is 0 Å². The molecular weight excluding hydrogens is 232 g/mol. The van der Waals surface area contributed by atoms with E-state index in [1.165, 1.54) is 55.3 Å². The fourth-order valence-corrected chi connectivity index (χ4v) is 3.71. The Bertz CT molecular complexity index is 433. The Morgan fingerprint density at radius 1 is 1.16 bits per heavy atom. The third kappa shape index (κ3) is 2.85. The molecule has 0 amide bonds. The van der Waals surface area contributed by atoms with E-state index in [0.29, 0.717) is 5.41 Å². The maximum Gasteiger partial charge on any atom is 0.0212 e. The van der Waals surface area contributed by atoms with Crippen molar-refractivity contribution in [1.29, 1.82) is 0 Å². The van der Waals surface area contributed by atoms with Crippen LogP contribution in [0.15, 0.2) is 18.2 Å². The Kier molecular flexibility index (Phi) is 3.90. The third-order valence-electron chi connectivity index (χ3n) is 5.14. The van der Waals surface area contributed by atoms with Crippen molar-refractivity contribution < 1.29 is 0 Å².